The van der Waals surface area contributed by atoms with Crippen molar-refractivity contribution in [1.82, 2.24) is 5.32 Å². The normalized spacial score (nSPS) is 21.5. The van der Waals surface area contributed by atoms with E-state index in [1.165, 1.54) is 5.75 Å². The first kappa shape index (κ1) is 10.9. The third kappa shape index (κ3) is 4.03. The lowest BCUT2D eigenvalue weighted by Gasteiger charge is -2.27. The van der Waals surface area contributed by atoms with Crippen molar-refractivity contribution in [3.8, 4) is 0 Å². The van der Waals surface area contributed by atoms with E-state index in [0.717, 1.165) is 18.3 Å². The van der Waals surface area contributed by atoms with Gasteiger partial charge in [0.25, 0.3) is 0 Å². The van der Waals surface area contributed by atoms with Crippen LogP contribution in [0.3, 0.4) is 0 Å². The Bertz CT molecular complexity index is 197. The molecule has 1 aliphatic heterocycles. The van der Waals surface area contributed by atoms with Gasteiger partial charge in [0, 0.05) is 18.8 Å². The molecule has 0 atom stereocenters. The van der Waals surface area contributed by atoms with Gasteiger partial charge in [-0.05, 0) is 11.3 Å². The molecule has 0 bridgehead atoms. The van der Waals surface area contributed by atoms with E-state index in [-0.39, 0.29) is 0 Å². The molecule has 0 unspecified atom stereocenters. The van der Waals surface area contributed by atoms with E-state index < -0.39 is 0 Å². The van der Waals surface area contributed by atoms with Crippen LogP contribution in [0, 0.1) is 11.3 Å². The van der Waals surface area contributed by atoms with E-state index in [2.05, 4.69) is 38.0 Å². The van der Waals surface area contributed by atoms with E-state index in [1.807, 2.05) is 11.8 Å². The smallest absolute Gasteiger partial charge is 0.156 e. The number of hydrogen-bond donors (Lipinski definition) is 1. The molecular weight excluding hydrogens is 180 g/mol. The Labute approximate surface area is 85.6 Å². The van der Waals surface area contributed by atoms with Crippen LogP contribution in [0.1, 0.15) is 27.7 Å². The van der Waals surface area contributed by atoms with Gasteiger partial charge in [0.15, 0.2) is 5.17 Å². The predicted molar refractivity (Wildman–Crippen MR) is 61.4 cm³/mol. The fraction of sp³-hybridized carbons (Fsp3) is 0.900. The number of thioether (sulfide) groups is 1. The Morgan fingerprint density at radius 3 is 2.69 bits per heavy atom. The topological polar surface area (TPSA) is 24.4 Å². The largest absolute Gasteiger partial charge is 0.365 e. The van der Waals surface area contributed by atoms with Crippen molar-refractivity contribution < 1.29 is 0 Å². The van der Waals surface area contributed by atoms with Gasteiger partial charge in [-0.15, -0.1) is 0 Å². The first-order valence-corrected chi connectivity index (χ1v) is 5.89. The van der Waals surface area contributed by atoms with Gasteiger partial charge in [-0.3, -0.25) is 4.99 Å². The minimum Gasteiger partial charge on any atom is -0.365 e. The summed E-state index contributed by atoms with van der Waals surface area (Å²) in [5.41, 5.74) is 0.383. The highest BCUT2D eigenvalue weighted by atomic mass is 32.2. The molecule has 0 aliphatic carbocycles. The van der Waals surface area contributed by atoms with Crippen LogP contribution in [0.5, 0.6) is 0 Å². The van der Waals surface area contributed by atoms with Gasteiger partial charge in [0.05, 0.1) is 0 Å². The van der Waals surface area contributed by atoms with Crippen LogP contribution in [-0.4, -0.2) is 24.0 Å². The maximum atomic E-state index is 4.52. The number of nitrogens with zero attached hydrogens (tertiary/aromatic N) is 1. The molecule has 0 saturated heterocycles. The first-order chi connectivity index (χ1) is 5.99. The molecule has 0 saturated carbocycles. The van der Waals surface area contributed by atoms with Crippen LogP contribution >= 0.6 is 11.8 Å². The molecule has 0 aromatic heterocycles. The second-order valence-corrected chi connectivity index (χ2v) is 5.81. The minimum atomic E-state index is 0.383. The monoisotopic (exact) mass is 200 g/mol. The predicted octanol–water partition coefficient (Wildman–Crippen LogP) is 2.36. The average Bonchev–Trinajstić information content (AvgIpc) is 2.02. The third-order valence-electron chi connectivity index (χ3n) is 1.91. The van der Waals surface area contributed by atoms with Crippen molar-refractivity contribution in [2.75, 3.05) is 18.8 Å². The molecule has 0 aromatic carbocycles. The summed E-state index contributed by atoms with van der Waals surface area (Å²) in [6.07, 6.45) is 0. The number of aliphatic imine (C=N–C) groups is 1. The second kappa shape index (κ2) is 4.36. The second-order valence-electron chi connectivity index (χ2n) is 4.85. The van der Waals surface area contributed by atoms with Gasteiger partial charge in [-0.2, -0.15) is 0 Å². The molecule has 13 heavy (non-hydrogen) atoms. The fourth-order valence-electron chi connectivity index (χ4n) is 1.04. The van der Waals surface area contributed by atoms with Crippen molar-refractivity contribution >= 4 is 16.9 Å². The molecule has 3 heteroatoms. The van der Waals surface area contributed by atoms with Gasteiger partial charge in [-0.1, -0.05) is 39.5 Å². The van der Waals surface area contributed by atoms with E-state index >= 15 is 0 Å². The summed E-state index contributed by atoms with van der Waals surface area (Å²) in [5.74, 6) is 1.87. The summed E-state index contributed by atoms with van der Waals surface area (Å²) in [4.78, 5) is 4.52. The van der Waals surface area contributed by atoms with Gasteiger partial charge in [0.1, 0.15) is 0 Å². The Morgan fingerprint density at radius 1 is 1.54 bits per heavy atom. The summed E-state index contributed by atoms with van der Waals surface area (Å²) < 4.78 is 0. The highest BCUT2D eigenvalue weighted by molar-refractivity contribution is 8.13. The third-order valence-corrected chi connectivity index (χ3v) is 3.38. The SMILES string of the molecule is CC(C)CNC1=NCC(C)(C)CS1. The van der Waals surface area contributed by atoms with E-state index in [1.54, 1.807) is 0 Å². The van der Waals surface area contributed by atoms with Crippen LogP contribution in [0.15, 0.2) is 4.99 Å². The molecular formula is C10H20N2S. The van der Waals surface area contributed by atoms with Crippen molar-refractivity contribution in [2.45, 2.75) is 27.7 Å². The van der Waals surface area contributed by atoms with Gasteiger partial charge in [-0.25, -0.2) is 0 Å². The molecule has 2 nitrogen and oxygen atoms in total. The molecule has 0 amide bonds. The summed E-state index contributed by atoms with van der Waals surface area (Å²) in [7, 11) is 0. The zero-order chi connectivity index (χ0) is 9.90. The van der Waals surface area contributed by atoms with Gasteiger partial charge in [0.2, 0.25) is 0 Å². The summed E-state index contributed by atoms with van der Waals surface area (Å²) >= 11 is 1.85. The molecule has 0 radical (unpaired) electrons. The van der Waals surface area contributed by atoms with E-state index in [9.17, 15) is 0 Å². The Balaban J connectivity index is 2.34. The Hall–Kier alpha value is -0.180. The summed E-state index contributed by atoms with van der Waals surface area (Å²) in [6, 6.07) is 0. The molecule has 1 N–H and O–H groups in total. The Morgan fingerprint density at radius 2 is 2.23 bits per heavy atom. The van der Waals surface area contributed by atoms with Crippen LogP contribution in [0.2, 0.25) is 0 Å². The average molecular weight is 200 g/mol. The molecule has 1 heterocycles. The van der Waals surface area contributed by atoms with Crippen molar-refractivity contribution in [3.05, 3.63) is 0 Å². The quantitative estimate of drug-likeness (QED) is 0.740. The van der Waals surface area contributed by atoms with Crippen molar-refractivity contribution in [3.63, 3.8) is 0 Å². The zero-order valence-corrected chi connectivity index (χ0v) is 9.87. The van der Waals surface area contributed by atoms with E-state index in [0.29, 0.717) is 11.3 Å². The van der Waals surface area contributed by atoms with Gasteiger partial charge >= 0.3 is 0 Å². The molecule has 0 fully saturated rings. The minimum absolute atomic E-state index is 0.383. The lowest BCUT2D eigenvalue weighted by atomic mass is 9.97. The molecule has 1 rings (SSSR count). The standard InChI is InChI=1S/C10H20N2S/c1-8(2)5-11-9-12-6-10(3,4)7-13-9/h8H,5-7H2,1-4H3,(H,11,12). The molecule has 76 valence electrons. The summed E-state index contributed by atoms with van der Waals surface area (Å²) in [5, 5.41) is 4.50. The number of amidine groups is 1. The number of rotatable bonds is 2. The highest BCUT2D eigenvalue weighted by Gasteiger charge is 2.23. The fourth-order valence-corrected chi connectivity index (χ4v) is 2.00. The molecule has 0 aromatic rings. The molecule has 1 aliphatic rings. The van der Waals surface area contributed by atoms with E-state index in [4.69, 9.17) is 0 Å². The van der Waals surface area contributed by atoms with Crippen LogP contribution < -0.4 is 5.32 Å². The van der Waals surface area contributed by atoms with Crippen LogP contribution in [0.4, 0.5) is 0 Å². The van der Waals surface area contributed by atoms with Crippen molar-refractivity contribution in [1.29, 1.82) is 0 Å². The maximum Gasteiger partial charge on any atom is 0.156 e. The Kier molecular flexibility index (Phi) is 3.65. The number of hydrogen-bond acceptors (Lipinski definition) is 3. The first-order valence-electron chi connectivity index (χ1n) is 4.91. The lowest BCUT2D eigenvalue weighted by molar-refractivity contribution is 0.436. The number of nitrogens with one attached hydrogen (secondary N) is 1. The highest BCUT2D eigenvalue weighted by Crippen LogP contribution is 2.26. The van der Waals surface area contributed by atoms with Crippen LogP contribution in [-0.2, 0) is 0 Å². The van der Waals surface area contributed by atoms with Gasteiger partial charge < -0.3 is 5.32 Å². The summed E-state index contributed by atoms with van der Waals surface area (Å²) in [6.45, 7) is 11.0. The maximum absolute atomic E-state index is 4.52. The van der Waals surface area contributed by atoms with Crippen LogP contribution in [0.25, 0.3) is 0 Å². The molecule has 0 spiro atoms. The lowest BCUT2D eigenvalue weighted by Crippen LogP contribution is -2.32. The zero-order valence-electron chi connectivity index (χ0n) is 9.05. The van der Waals surface area contributed by atoms with Crippen molar-refractivity contribution in [2.24, 2.45) is 16.3 Å².